The van der Waals surface area contributed by atoms with Gasteiger partial charge >= 0.3 is 0 Å². The molecule has 118 valence electrons. The normalized spacial score (nSPS) is 20.5. The molecular formula is C21H24N2. The van der Waals surface area contributed by atoms with Crippen molar-refractivity contribution < 1.29 is 0 Å². The Bertz CT molecular complexity index is 697. The molecule has 2 aromatic rings. The highest BCUT2D eigenvalue weighted by Gasteiger charge is 2.30. The number of anilines is 1. The van der Waals surface area contributed by atoms with Crippen LogP contribution < -0.4 is 4.90 Å². The van der Waals surface area contributed by atoms with Gasteiger partial charge in [-0.05, 0) is 54.5 Å². The Morgan fingerprint density at radius 1 is 1.13 bits per heavy atom. The minimum absolute atomic E-state index is 0.363. The Hall–Kier alpha value is -2.27. The monoisotopic (exact) mass is 304 g/mol. The molecule has 2 heteroatoms. The second kappa shape index (κ2) is 6.87. The van der Waals surface area contributed by atoms with E-state index < -0.39 is 0 Å². The molecule has 2 aromatic carbocycles. The van der Waals surface area contributed by atoms with Gasteiger partial charge in [0, 0.05) is 18.3 Å². The molecule has 0 unspecified atom stereocenters. The third kappa shape index (κ3) is 3.40. The summed E-state index contributed by atoms with van der Waals surface area (Å²) in [6.07, 6.45) is 2.77. The van der Waals surface area contributed by atoms with Crippen molar-refractivity contribution in [3.63, 3.8) is 0 Å². The summed E-state index contributed by atoms with van der Waals surface area (Å²) in [6.45, 7) is 5.49. The van der Waals surface area contributed by atoms with E-state index in [-0.39, 0.29) is 0 Å². The van der Waals surface area contributed by atoms with Crippen LogP contribution in [-0.2, 0) is 6.42 Å². The Labute approximate surface area is 139 Å². The van der Waals surface area contributed by atoms with Crippen molar-refractivity contribution in [1.29, 1.82) is 5.26 Å². The lowest BCUT2D eigenvalue weighted by Crippen LogP contribution is -2.31. The molecule has 2 nitrogen and oxygen atoms in total. The van der Waals surface area contributed by atoms with E-state index in [1.807, 2.05) is 0 Å². The number of aryl methyl sites for hydroxylation is 1. The average molecular weight is 304 g/mol. The van der Waals surface area contributed by atoms with Gasteiger partial charge in [-0.25, -0.2) is 0 Å². The maximum absolute atomic E-state index is 9.07. The fourth-order valence-corrected chi connectivity index (χ4v) is 3.57. The Kier molecular flexibility index (Phi) is 4.67. The summed E-state index contributed by atoms with van der Waals surface area (Å²) in [5.74, 6) is 0.598. The number of nitrogens with zero attached hydrogens (tertiary/aromatic N) is 2. The maximum Gasteiger partial charge on any atom is 0.0643 e. The molecule has 0 amide bonds. The molecule has 1 fully saturated rings. The van der Waals surface area contributed by atoms with Gasteiger partial charge in [-0.3, -0.25) is 0 Å². The Morgan fingerprint density at radius 2 is 1.87 bits per heavy atom. The van der Waals surface area contributed by atoms with Gasteiger partial charge in [0.2, 0.25) is 0 Å². The van der Waals surface area contributed by atoms with Crippen molar-refractivity contribution in [1.82, 2.24) is 0 Å². The molecule has 0 radical (unpaired) electrons. The number of rotatable bonds is 4. The smallest absolute Gasteiger partial charge is 0.0643 e. The number of benzene rings is 2. The van der Waals surface area contributed by atoms with E-state index in [0.717, 1.165) is 13.0 Å². The van der Waals surface area contributed by atoms with E-state index in [9.17, 15) is 0 Å². The zero-order chi connectivity index (χ0) is 16.2. The van der Waals surface area contributed by atoms with Crippen LogP contribution in [0.25, 0.3) is 0 Å². The molecule has 2 atom stereocenters. The van der Waals surface area contributed by atoms with Crippen molar-refractivity contribution >= 4 is 5.69 Å². The van der Waals surface area contributed by atoms with Crippen molar-refractivity contribution in [2.24, 2.45) is 5.92 Å². The topological polar surface area (TPSA) is 27.0 Å². The van der Waals surface area contributed by atoms with Crippen LogP contribution in [0.4, 0.5) is 5.69 Å². The molecule has 1 aliphatic rings. The zero-order valence-corrected chi connectivity index (χ0v) is 14.0. The van der Waals surface area contributed by atoms with Crippen LogP contribution in [0.3, 0.4) is 0 Å². The molecule has 0 N–H and O–H groups in total. The third-order valence-corrected chi connectivity index (χ3v) is 5.11. The van der Waals surface area contributed by atoms with Crippen LogP contribution in [0.1, 0.15) is 36.5 Å². The minimum atomic E-state index is 0.363. The van der Waals surface area contributed by atoms with Crippen LogP contribution >= 0.6 is 0 Å². The summed E-state index contributed by atoms with van der Waals surface area (Å²) < 4.78 is 0. The SMILES string of the molecule is Cc1ccccc1Cc1ccc(N2CC[C@H](C)[C@H]2CC#N)cc1. The molecule has 0 aliphatic carbocycles. The zero-order valence-electron chi connectivity index (χ0n) is 14.0. The lowest BCUT2D eigenvalue weighted by atomic mass is 9.99. The van der Waals surface area contributed by atoms with Gasteiger partial charge in [0.25, 0.3) is 0 Å². The van der Waals surface area contributed by atoms with Gasteiger partial charge in [0.1, 0.15) is 0 Å². The first kappa shape index (κ1) is 15.6. The highest BCUT2D eigenvalue weighted by atomic mass is 15.2. The van der Waals surface area contributed by atoms with Gasteiger partial charge in [0.15, 0.2) is 0 Å². The minimum Gasteiger partial charge on any atom is -0.367 e. The molecule has 0 bridgehead atoms. The molecule has 1 aliphatic heterocycles. The van der Waals surface area contributed by atoms with Crippen molar-refractivity contribution in [3.05, 3.63) is 65.2 Å². The molecule has 1 heterocycles. The summed E-state index contributed by atoms with van der Waals surface area (Å²) in [6, 6.07) is 20.2. The molecule has 1 saturated heterocycles. The van der Waals surface area contributed by atoms with E-state index in [1.165, 1.54) is 28.8 Å². The summed E-state index contributed by atoms with van der Waals surface area (Å²) >= 11 is 0. The van der Waals surface area contributed by atoms with Crippen LogP contribution in [0, 0.1) is 24.2 Å². The van der Waals surface area contributed by atoms with Gasteiger partial charge in [-0.15, -0.1) is 0 Å². The first-order chi connectivity index (χ1) is 11.2. The highest BCUT2D eigenvalue weighted by molar-refractivity contribution is 5.50. The summed E-state index contributed by atoms with van der Waals surface area (Å²) in [4.78, 5) is 2.41. The number of nitriles is 1. The quantitative estimate of drug-likeness (QED) is 0.817. The molecule has 0 spiro atoms. The molecule has 3 rings (SSSR count). The molecular weight excluding hydrogens is 280 g/mol. The van der Waals surface area contributed by atoms with Crippen LogP contribution in [-0.4, -0.2) is 12.6 Å². The van der Waals surface area contributed by atoms with Crippen molar-refractivity contribution in [2.45, 2.75) is 39.2 Å². The van der Waals surface area contributed by atoms with E-state index in [2.05, 4.69) is 73.3 Å². The van der Waals surface area contributed by atoms with Crippen molar-refractivity contribution in [2.75, 3.05) is 11.4 Å². The van der Waals surface area contributed by atoms with E-state index in [0.29, 0.717) is 18.4 Å². The average Bonchev–Trinajstić information content (AvgIpc) is 2.92. The second-order valence-electron chi connectivity index (χ2n) is 6.66. The third-order valence-electron chi connectivity index (χ3n) is 5.11. The lowest BCUT2D eigenvalue weighted by molar-refractivity contribution is 0.519. The standard InChI is InChI=1S/C21H24N2/c1-16-5-3-4-6-19(16)15-18-7-9-20(10-8-18)23-14-12-17(2)21(23)11-13-22/h3-10,17,21H,11-12,14-15H2,1-2H3/t17-,21+/m0/s1. The van der Waals surface area contributed by atoms with Crippen LogP contribution in [0.2, 0.25) is 0 Å². The van der Waals surface area contributed by atoms with Crippen LogP contribution in [0.5, 0.6) is 0 Å². The first-order valence-corrected chi connectivity index (χ1v) is 8.46. The summed E-state index contributed by atoms with van der Waals surface area (Å²) in [5, 5.41) is 9.07. The molecule has 0 aromatic heterocycles. The predicted octanol–water partition coefficient (Wildman–Crippen LogP) is 4.71. The van der Waals surface area contributed by atoms with Gasteiger partial charge in [-0.2, -0.15) is 5.26 Å². The fraction of sp³-hybridized carbons (Fsp3) is 0.381. The summed E-state index contributed by atoms with van der Waals surface area (Å²) in [5.41, 5.74) is 5.33. The van der Waals surface area contributed by atoms with Gasteiger partial charge < -0.3 is 4.90 Å². The largest absolute Gasteiger partial charge is 0.367 e. The maximum atomic E-state index is 9.07. The van der Waals surface area contributed by atoms with E-state index in [1.54, 1.807) is 0 Å². The Balaban J connectivity index is 1.75. The first-order valence-electron chi connectivity index (χ1n) is 8.46. The second-order valence-corrected chi connectivity index (χ2v) is 6.66. The highest BCUT2D eigenvalue weighted by Crippen LogP contribution is 2.31. The Morgan fingerprint density at radius 3 is 2.57 bits per heavy atom. The van der Waals surface area contributed by atoms with Crippen LogP contribution in [0.15, 0.2) is 48.5 Å². The fourth-order valence-electron chi connectivity index (χ4n) is 3.57. The number of hydrogen-bond donors (Lipinski definition) is 0. The van der Waals surface area contributed by atoms with E-state index >= 15 is 0 Å². The molecule has 0 saturated carbocycles. The van der Waals surface area contributed by atoms with Crippen molar-refractivity contribution in [3.8, 4) is 6.07 Å². The lowest BCUT2D eigenvalue weighted by Gasteiger charge is -2.27. The van der Waals surface area contributed by atoms with Gasteiger partial charge in [-0.1, -0.05) is 43.3 Å². The number of hydrogen-bond acceptors (Lipinski definition) is 2. The molecule has 23 heavy (non-hydrogen) atoms. The predicted molar refractivity (Wildman–Crippen MR) is 95.6 cm³/mol. The summed E-state index contributed by atoms with van der Waals surface area (Å²) in [7, 11) is 0. The van der Waals surface area contributed by atoms with E-state index in [4.69, 9.17) is 5.26 Å². The van der Waals surface area contributed by atoms with Gasteiger partial charge in [0.05, 0.1) is 12.5 Å².